The van der Waals surface area contributed by atoms with Gasteiger partial charge < -0.3 is 11.1 Å². The molecule has 0 atom stereocenters. The lowest BCUT2D eigenvalue weighted by atomic mass is 10.1. The van der Waals surface area contributed by atoms with Crippen molar-refractivity contribution in [1.29, 1.82) is 0 Å². The van der Waals surface area contributed by atoms with Crippen LogP contribution in [0.4, 0.5) is 5.69 Å². The summed E-state index contributed by atoms with van der Waals surface area (Å²) in [7, 11) is 0. The Morgan fingerprint density at radius 1 is 1.11 bits per heavy atom. The molecule has 0 saturated heterocycles. The zero-order valence-electron chi connectivity index (χ0n) is 15.0. The van der Waals surface area contributed by atoms with Crippen molar-refractivity contribution in [2.75, 3.05) is 5.32 Å². The van der Waals surface area contributed by atoms with E-state index in [4.69, 9.17) is 10.7 Å². The molecule has 6 heteroatoms. The van der Waals surface area contributed by atoms with Crippen LogP contribution in [0.5, 0.6) is 0 Å². The Hall–Kier alpha value is -2.96. The topological polar surface area (TPSA) is 72.4 Å². The second-order valence-corrected chi connectivity index (χ2v) is 7.21. The summed E-state index contributed by atoms with van der Waals surface area (Å²) in [5.74, 6) is 0.00124. The lowest BCUT2D eigenvalue weighted by Gasteiger charge is -2.06. The van der Waals surface area contributed by atoms with Crippen LogP contribution in [0.3, 0.4) is 0 Å². The van der Waals surface area contributed by atoms with Gasteiger partial charge in [-0.2, -0.15) is 0 Å². The Labute approximate surface area is 161 Å². The number of aromatic nitrogens is 2. The van der Waals surface area contributed by atoms with Crippen LogP contribution in [-0.4, -0.2) is 15.3 Å². The minimum atomic E-state index is 0.00124. The smallest absolute Gasteiger partial charge is 0.224 e. The predicted octanol–water partition coefficient (Wildman–Crippen LogP) is 4.54. The fourth-order valence-electron chi connectivity index (χ4n) is 3.01. The van der Waals surface area contributed by atoms with Crippen LogP contribution < -0.4 is 11.1 Å². The summed E-state index contributed by atoms with van der Waals surface area (Å²) in [6, 6.07) is 18.0. The van der Waals surface area contributed by atoms with Crippen molar-refractivity contribution >= 4 is 27.9 Å². The van der Waals surface area contributed by atoms with Gasteiger partial charge in [0.2, 0.25) is 5.91 Å². The molecule has 0 fully saturated rings. The van der Waals surface area contributed by atoms with Gasteiger partial charge in [-0.3, -0.25) is 9.20 Å². The number of hydrogen-bond acceptors (Lipinski definition) is 4. The zero-order valence-corrected chi connectivity index (χ0v) is 15.8. The highest BCUT2D eigenvalue weighted by Crippen LogP contribution is 2.33. The van der Waals surface area contributed by atoms with Gasteiger partial charge in [0.05, 0.1) is 16.3 Å². The number of nitrogens with two attached hydrogens (primary N) is 1. The van der Waals surface area contributed by atoms with Gasteiger partial charge in [-0.1, -0.05) is 60.7 Å². The largest absolute Gasteiger partial charge is 0.326 e. The Morgan fingerprint density at radius 3 is 2.52 bits per heavy atom. The number of hydrogen-bond donors (Lipinski definition) is 2. The fourth-order valence-corrected chi connectivity index (χ4v) is 4.02. The highest BCUT2D eigenvalue weighted by Gasteiger charge is 2.16. The monoisotopic (exact) mass is 376 g/mol. The molecule has 1 amide bonds. The number of anilines is 1. The third-order valence-corrected chi connectivity index (χ3v) is 5.47. The van der Waals surface area contributed by atoms with E-state index in [1.807, 2.05) is 49.4 Å². The number of rotatable bonds is 5. The third-order valence-electron chi connectivity index (χ3n) is 4.44. The number of benzene rings is 2. The molecule has 27 heavy (non-hydrogen) atoms. The highest BCUT2D eigenvalue weighted by atomic mass is 32.1. The van der Waals surface area contributed by atoms with Gasteiger partial charge in [0, 0.05) is 30.4 Å². The first-order valence-corrected chi connectivity index (χ1v) is 9.67. The molecule has 136 valence electrons. The summed E-state index contributed by atoms with van der Waals surface area (Å²) >= 11 is 1.65. The summed E-state index contributed by atoms with van der Waals surface area (Å²) in [5.41, 5.74) is 10.9. The molecule has 2 heterocycles. The molecular formula is C21H20N4OS. The molecule has 0 bridgehead atoms. The van der Waals surface area contributed by atoms with Crippen molar-refractivity contribution in [3.63, 3.8) is 0 Å². The van der Waals surface area contributed by atoms with Gasteiger partial charge in [-0.05, 0) is 17.7 Å². The first-order valence-electron chi connectivity index (χ1n) is 8.86. The number of thiazole rings is 1. The van der Waals surface area contributed by atoms with E-state index < -0.39 is 0 Å². The minimum absolute atomic E-state index is 0.00124. The van der Waals surface area contributed by atoms with Crippen molar-refractivity contribution in [2.45, 2.75) is 19.9 Å². The maximum Gasteiger partial charge on any atom is 0.224 e. The molecule has 0 unspecified atom stereocenters. The van der Waals surface area contributed by atoms with Gasteiger partial charge in [-0.15, -0.1) is 0 Å². The van der Waals surface area contributed by atoms with Crippen LogP contribution in [-0.2, 0) is 11.3 Å². The lowest BCUT2D eigenvalue weighted by Crippen LogP contribution is -2.09. The van der Waals surface area contributed by atoms with Crippen molar-refractivity contribution in [2.24, 2.45) is 5.73 Å². The maximum atomic E-state index is 11.5. The second kappa shape index (κ2) is 7.34. The molecule has 2 aromatic heterocycles. The van der Waals surface area contributed by atoms with E-state index in [1.54, 1.807) is 11.3 Å². The van der Waals surface area contributed by atoms with Crippen LogP contribution in [0.15, 0.2) is 60.8 Å². The average Bonchev–Trinajstić information content (AvgIpc) is 3.27. The molecule has 3 N–H and O–H groups in total. The molecule has 0 spiro atoms. The maximum absolute atomic E-state index is 11.5. The van der Waals surface area contributed by atoms with E-state index in [0.717, 1.165) is 32.5 Å². The van der Waals surface area contributed by atoms with Crippen LogP contribution in [0, 0.1) is 0 Å². The van der Waals surface area contributed by atoms with Gasteiger partial charge in [0.1, 0.15) is 0 Å². The van der Waals surface area contributed by atoms with Crippen molar-refractivity contribution in [3.05, 3.63) is 66.5 Å². The Balaban J connectivity index is 1.70. The first-order chi connectivity index (χ1) is 13.2. The molecule has 0 radical (unpaired) electrons. The molecule has 4 rings (SSSR count). The average molecular weight is 376 g/mol. The molecule has 5 nitrogen and oxygen atoms in total. The molecule has 0 aliphatic rings. The fraction of sp³-hybridized carbons (Fsp3) is 0.143. The van der Waals surface area contributed by atoms with E-state index >= 15 is 0 Å². The normalized spacial score (nSPS) is 11.0. The number of nitrogens with one attached hydrogen (secondary N) is 1. The molecule has 0 aliphatic carbocycles. The summed E-state index contributed by atoms with van der Waals surface area (Å²) in [5, 5.41) is 2.86. The summed E-state index contributed by atoms with van der Waals surface area (Å²) in [6.07, 6.45) is 2.56. The van der Waals surface area contributed by atoms with E-state index in [2.05, 4.69) is 28.0 Å². The van der Waals surface area contributed by atoms with Crippen molar-refractivity contribution in [1.82, 2.24) is 9.38 Å². The summed E-state index contributed by atoms with van der Waals surface area (Å²) in [6.45, 7) is 2.23. The quantitative estimate of drug-likeness (QED) is 0.537. The Kier molecular flexibility index (Phi) is 4.75. The highest BCUT2D eigenvalue weighted by molar-refractivity contribution is 7.20. The van der Waals surface area contributed by atoms with Gasteiger partial charge in [-0.25, -0.2) is 4.98 Å². The summed E-state index contributed by atoms with van der Waals surface area (Å²) in [4.78, 5) is 18.4. The molecule has 2 aromatic carbocycles. The number of imidazole rings is 1. The SMILES string of the molecule is CCC(=O)Nc1ccc(-c2nc3sc(-c4ccccc4)cn3c2CN)cc1. The van der Waals surface area contributed by atoms with Crippen molar-refractivity contribution in [3.8, 4) is 21.7 Å². The number of amides is 1. The van der Waals surface area contributed by atoms with E-state index in [-0.39, 0.29) is 5.91 Å². The number of carbonyl (C=O) groups excluding carboxylic acids is 1. The van der Waals surface area contributed by atoms with Crippen molar-refractivity contribution < 1.29 is 4.79 Å². The van der Waals surface area contributed by atoms with Gasteiger partial charge >= 0.3 is 0 Å². The van der Waals surface area contributed by atoms with E-state index in [1.165, 1.54) is 5.56 Å². The molecular weight excluding hydrogens is 356 g/mol. The predicted molar refractivity (Wildman–Crippen MR) is 111 cm³/mol. The molecule has 4 aromatic rings. The number of nitrogens with zero attached hydrogens (tertiary/aromatic N) is 2. The Morgan fingerprint density at radius 2 is 1.85 bits per heavy atom. The first kappa shape index (κ1) is 17.5. The molecule has 0 aliphatic heterocycles. The summed E-state index contributed by atoms with van der Waals surface area (Å²) < 4.78 is 2.08. The Bertz CT molecular complexity index is 1080. The standard InChI is InChI=1S/C21H20N4OS/c1-2-19(26)23-16-10-8-15(9-11-16)20-17(12-22)25-13-18(27-21(25)24-20)14-6-4-3-5-7-14/h3-11,13H,2,12,22H2,1H3,(H,23,26). The zero-order chi connectivity index (χ0) is 18.8. The second-order valence-electron chi connectivity index (χ2n) is 6.20. The minimum Gasteiger partial charge on any atom is -0.326 e. The third kappa shape index (κ3) is 3.37. The van der Waals surface area contributed by atoms with Crippen LogP contribution in [0.25, 0.3) is 26.7 Å². The van der Waals surface area contributed by atoms with Crippen LogP contribution >= 0.6 is 11.3 Å². The van der Waals surface area contributed by atoms with Gasteiger partial charge in [0.15, 0.2) is 4.96 Å². The van der Waals surface area contributed by atoms with Crippen LogP contribution in [0.2, 0.25) is 0 Å². The van der Waals surface area contributed by atoms with Gasteiger partial charge in [0.25, 0.3) is 0 Å². The van der Waals surface area contributed by atoms with Crippen LogP contribution in [0.1, 0.15) is 19.0 Å². The molecule has 0 saturated carbocycles. The lowest BCUT2D eigenvalue weighted by molar-refractivity contribution is -0.115. The number of fused-ring (bicyclic) bond motifs is 1. The van der Waals surface area contributed by atoms with E-state index in [0.29, 0.717) is 13.0 Å². The van der Waals surface area contributed by atoms with E-state index in [9.17, 15) is 4.79 Å². The number of carbonyl (C=O) groups is 1.